The van der Waals surface area contributed by atoms with Crippen LogP contribution in [0.2, 0.25) is 0 Å². The number of carbonyl (C=O) groups is 1. The number of hydrogen-bond donors (Lipinski definition) is 2. The summed E-state index contributed by atoms with van der Waals surface area (Å²) in [6, 6.07) is 6.16. The number of tetrazole rings is 1. The van der Waals surface area contributed by atoms with Gasteiger partial charge in [-0.2, -0.15) is 5.21 Å². The standard InChI is InChI=1S/C14H15N5OS/c20-13(14(5-6-14)12-16-18-19-17-12)15-10-3-4-11-9(8-10)2-1-7-21-11/h3-4,8H,1-2,5-7H2,(H,15,20)(H,16,17,18,19). The molecule has 1 aromatic carbocycles. The highest BCUT2D eigenvalue weighted by Gasteiger charge is 2.55. The lowest BCUT2D eigenvalue weighted by Crippen LogP contribution is -2.29. The average molecular weight is 301 g/mol. The van der Waals surface area contributed by atoms with Crippen molar-refractivity contribution in [2.75, 3.05) is 11.1 Å². The van der Waals surface area contributed by atoms with Crippen LogP contribution in [0, 0.1) is 0 Å². The van der Waals surface area contributed by atoms with Crippen LogP contribution >= 0.6 is 11.8 Å². The third-order valence-electron chi connectivity index (χ3n) is 4.12. The summed E-state index contributed by atoms with van der Waals surface area (Å²) in [7, 11) is 0. The molecule has 108 valence electrons. The lowest BCUT2D eigenvalue weighted by molar-refractivity contribution is -0.118. The Morgan fingerprint density at radius 2 is 2.29 bits per heavy atom. The maximum absolute atomic E-state index is 12.5. The summed E-state index contributed by atoms with van der Waals surface area (Å²) in [5, 5.41) is 16.9. The van der Waals surface area contributed by atoms with Crippen molar-refractivity contribution in [2.24, 2.45) is 0 Å². The second-order valence-electron chi connectivity index (χ2n) is 5.55. The smallest absolute Gasteiger partial charge is 0.238 e. The molecule has 0 spiro atoms. The first-order valence-electron chi connectivity index (χ1n) is 7.09. The van der Waals surface area contributed by atoms with Gasteiger partial charge in [-0.05, 0) is 55.2 Å². The summed E-state index contributed by atoms with van der Waals surface area (Å²) >= 11 is 1.89. The van der Waals surface area contributed by atoms with Crippen LogP contribution in [0.25, 0.3) is 0 Å². The van der Waals surface area contributed by atoms with Gasteiger partial charge < -0.3 is 5.32 Å². The van der Waals surface area contributed by atoms with Gasteiger partial charge >= 0.3 is 0 Å². The summed E-state index contributed by atoms with van der Waals surface area (Å²) < 4.78 is 0. The number of nitrogens with zero attached hydrogens (tertiary/aromatic N) is 3. The van der Waals surface area contributed by atoms with Gasteiger partial charge in [-0.1, -0.05) is 5.21 Å². The number of amides is 1. The van der Waals surface area contributed by atoms with E-state index in [-0.39, 0.29) is 5.91 Å². The van der Waals surface area contributed by atoms with Crippen molar-refractivity contribution >= 4 is 23.4 Å². The van der Waals surface area contributed by atoms with Gasteiger partial charge in [-0.3, -0.25) is 4.79 Å². The number of thioether (sulfide) groups is 1. The highest BCUT2D eigenvalue weighted by molar-refractivity contribution is 7.99. The minimum Gasteiger partial charge on any atom is -0.325 e. The van der Waals surface area contributed by atoms with Crippen LogP contribution in [-0.2, 0) is 16.6 Å². The number of aryl methyl sites for hydroxylation is 1. The molecule has 21 heavy (non-hydrogen) atoms. The van der Waals surface area contributed by atoms with E-state index in [1.165, 1.54) is 22.6 Å². The molecule has 2 aliphatic rings. The minimum atomic E-state index is -0.586. The number of benzene rings is 1. The Hall–Kier alpha value is -1.89. The number of H-pyrrole nitrogens is 1. The fraction of sp³-hybridized carbons (Fsp3) is 0.429. The molecule has 6 nitrogen and oxygen atoms in total. The van der Waals surface area contributed by atoms with Crippen LogP contribution in [0.5, 0.6) is 0 Å². The minimum absolute atomic E-state index is 0.0349. The monoisotopic (exact) mass is 301 g/mol. The molecule has 0 bridgehead atoms. The summed E-state index contributed by atoms with van der Waals surface area (Å²) in [5.74, 6) is 1.64. The fourth-order valence-corrected chi connectivity index (χ4v) is 3.75. The van der Waals surface area contributed by atoms with Crippen molar-refractivity contribution in [3.8, 4) is 0 Å². The molecule has 2 heterocycles. The Morgan fingerprint density at radius 3 is 3.05 bits per heavy atom. The van der Waals surface area contributed by atoms with Crippen LogP contribution in [0.4, 0.5) is 5.69 Å². The largest absolute Gasteiger partial charge is 0.325 e. The molecule has 7 heteroatoms. The first-order valence-corrected chi connectivity index (χ1v) is 8.08. The van der Waals surface area contributed by atoms with E-state index in [2.05, 4.69) is 38.1 Å². The number of fused-ring (bicyclic) bond motifs is 1. The van der Waals surface area contributed by atoms with E-state index in [0.29, 0.717) is 5.82 Å². The number of carbonyl (C=O) groups excluding carboxylic acids is 1. The van der Waals surface area contributed by atoms with Gasteiger partial charge in [0.05, 0.1) is 0 Å². The van der Waals surface area contributed by atoms with Crippen LogP contribution in [-0.4, -0.2) is 32.3 Å². The molecule has 0 atom stereocenters. The maximum Gasteiger partial charge on any atom is 0.238 e. The topological polar surface area (TPSA) is 83.6 Å². The number of hydrogen-bond acceptors (Lipinski definition) is 5. The van der Waals surface area contributed by atoms with Crippen LogP contribution in [0.15, 0.2) is 23.1 Å². The van der Waals surface area contributed by atoms with E-state index in [1.807, 2.05) is 17.8 Å². The molecule has 0 unspecified atom stereocenters. The van der Waals surface area contributed by atoms with E-state index < -0.39 is 5.41 Å². The van der Waals surface area contributed by atoms with E-state index in [9.17, 15) is 4.79 Å². The molecule has 1 fully saturated rings. The third-order valence-corrected chi connectivity index (χ3v) is 5.33. The van der Waals surface area contributed by atoms with Gasteiger partial charge in [0.25, 0.3) is 0 Å². The van der Waals surface area contributed by atoms with Gasteiger partial charge in [0, 0.05) is 10.6 Å². The lowest BCUT2D eigenvalue weighted by Gasteiger charge is -2.17. The predicted octanol–water partition coefficient (Wildman–Crippen LogP) is 1.91. The van der Waals surface area contributed by atoms with Gasteiger partial charge in [0.15, 0.2) is 5.82 Å². The van der Waals surface area contributed by atoms with Gasteiger partial charge in [0.2, 0.25) is 5.91 Å². The molecule has 2 aromatic rings. The second-order valence-corrected chi connectivity index (χ2v) is 6.68. The third kappa shape index (κ3) is 2.21. The quantitative estimate of drug-likeness (QED) is 0.904. The lowest BCUT2D eigenvalue weighted by atomic mass is 10.0. The van der Waals surface area contributed by atoms with Gasteiger partial charge in [-0.25, -0.2) is 0 Å². The van der Waals surface area contributed by atoms with E-state index in [0.717, 1.165) is 24.9 Å². The normalized spacial score (nSPS) is 18.9. The zero-order valence-corrected chi connectivity index (χ0v) is 12.2. The highest BCUT2D eigenvalue weighted by Crippen LogP contribution is 2.47. The Kier molecular flexibility index (Phi) is 2.95. The molecule has 2 N–H and O–H groups in total. The maximum atomic E-state index is 12.5. The molecule has 4 rings (SSSR count). The van der Waals surface area contributed by atoms with Crippen LogP contribution in [0.3, 0.4) is 0 Å². The van der Waals surface area contributed by atoms with Gasteiger partial charge in [-0.15, -0.1) is 22.0 Å². The summed E-state index contributed by atoms with van der Waals surface area (Å²) in [5.41, 5.74) is 1.60. The van der Waals surface area contributed by atoms with E-state index in [4.69, 9.17) is 0 Å². The molecular formula is C14H15N5OS. The molecular weight excluding hydrogens is 286 g/mol. The number of aromatic nitrogens is 4. The van der Waals surface area contributed by atoms with Crippen LogP contribution in [0.1, 0.15) is 30.7 Å². The van der Waals surface area contributed by atoms with Crippen molar-refractivity contribution in [2.45, 2.75) is 36.0 Å². The Balaban J connectivity index is 1.55. The molecule has 1 saturated carbocycles. The number of aromatic amines is 1. The zero-order valence-electron chi connectivity index (χ0n) is 11.4. The zero-order chi connectivity index (χ0) is 14.3. The second kappa shape index (κ2) is 4.84. The first kappa shape index (κ1) is 12.8. The first-order chi connectivity index (χ1) is 10.3. The SMILES string of the molecule is O=C(Nc1ccc2c(c1)CCCS2)C1(c2nn[nH]n2)CC1. The molecule has 1 aliphatic carbocycles. The Morgan fingerprint density at radius 1 is 1.38 bits per heavy atom. The van der Waals surface area contributed by atoms with Crippen molar-refractivity contribution in [3.63, 3.8) is 0 Å². The van der Waals surface area contributed by atoms with E-state index >= 15 is 0 Å². The number of nitrogens with one attached hydrogen (secondary N) is 2. The van der Waals surface area contributed by atoms with E-state index in [1.54, 1.807) is 0 Å². The van der Waals surface area contributed by atoms with Crippen molar-refractivity contribution in [1.29, 1.82) is 0 Å². The van der Waals surface area contributed by atoms with Crippen LogP contribution < -0.4 is 5.32 Å². The van der Waals surface area contributed by atoms with Crippen molar-refractivity contribution in [3.05, 3.63) is 29.6 Å². The Bertz CT molecular complexity index is 681. The Labute approximate surface area is 126 Å². The molecule has 1 aliphatic heterocycles. The fourth-order valence-electron chi connectivity index (χ4n) is 2.73. The summed E-state index contributed by atoms with van der Waals surface area (Å²) in [6.07, 6.45) is 3.84. The van der Waals surface area contributed by atoms with Crippen molar-refractivity contribution < 1.29 is 4.79 Å². The summed E-state index contributed by atoms with van der Waals surface area (Å²) in [6.45, 7) is 0. The highest BCUT2D eigenvalue weighted by atomic mass is 32.2. The average Bonchev–Trinajstić information content (AvgIpc) is 3.14. The predicted molar refractivity (Wildman–Crippen MR) is 79.2 cm³/mol. The van der Waals surface area contributed by atoms with Gasteiger partial charge in [0.1, 0.15) is 5.41 Å². The molecule has 0 radical (unpaired) electrons. The molecule has 1 aromatic heterocycles. The molecule has 1 amide bonds. The number of anilines is 1. The summed E-state index contributed by atoms with van der Waals surface area (Å²) in [4.78, 5) is 13.9. The van der Waals surface area contributed by atoms with Crippen molar-refractivity contribution in [1.82, 2.24) is 20.6 Å². The molecule has 0 saturated heterocycles. The number of rotatable bonds is 3.